The number of morpholine rings is 1. The van der Waals surface area contributed by atoms with E-state index >= 15 is 0 Å². The third-order valence-electron chi connectivity index (χ3n) is 4.75. The summed E-state index contributed by atoms with van der Waals surface area (Å²) >= 11 is 6.32. The number of hydrogen-bond donors (Lipinski definition) is 0. The Bertz CT molecular complexity index is 801. The molecular weight excluding hydrogens is 332 g/mol. The van der Waals surface area contributed by atoms with Gasteiger partial charge in [0.1, 0.15) is 6.10 Å². The van der Waals surface area contributed by atoms with Crippen LogP contribution in [-0.4, -0.2) is 36.4 Å². The van der Waals surface area contributed by atoms with Gasteiger partial charge in [-0.15, -0.1) is 0 Å². The first-order valence-corrected chi connectivity index (χ1v) is 9.06. The van der Waals surface area contributed by atoms with Gasteiger partial charge in [-0.25, -0.2) is 0 Å². The second kappa shape index (κ2) is 7.52. The van der Waals surface area contributed by atoms with Crippen molar-refractivity contribution >= 4 is 22.9 Å². The number of halogens is 1. The van der Waals surface area contributed by atoms with Crippen LogP contribution >= 0.6 is 11.6 Å². The van der Waals surface area contributed by atoms with Crippen molar-refractivity contribution in [2.75, 3.05) is 19.7 Å². The third-order valence-corrected chi connectivity index (χ3v) is 5.08. The predicted molar refractivity (Wildman–Crippen MR) is 103 cm³/mol. The van der Waals surface area contributed by atoms with Crippen LogP contribution in [0.15, 0.2) is 65.8 Å². The first kappa shape index (κ1) is 16.5. The van der Waals surface area contributed by atoms with E-state index in [2.05, 4.69) is 46.3 Å². The molecular formula is C21H21ClN2O. The highest BCUT2D eigenvalue weighted by Gasteiger charge is 2.27. The summed E-state index contributed by atoms with van der Waals surface area (Å²) in [7, 11) is 0. The lowest BCUT2D eigenvalue weighted by atomic mass is 10.00. The second-order valence-corrected chi connectivity index (χ2v) is 6.92. The fraction of sp³-hybridized carbons (Fsp3) is 0.286. The average Bonchev–Trinajstić information content (AvgIpc) is 3.13. The molecule has 1 atom stereocenters. The summed E-state index contributed by atoms with van der Waals surface area (Å²) < 4.78 is 6.01. The van der Waals surface area contributed by atoms with Crippen molar-refractivity contribution in [3.8, 4) is 0 Å². The highest BCUT2D eigenvalue weighted by atomic mass is 35.5. The Balaban J connectivity index is 1.39. The van der Waals surface area contributed by atoms with Gasteiger partial charge in [0.2, 0.25) is 0 Å². The van der Waals surface area contributed by atoms with Crippen LogP contribution in [-0.2, 0) is 11.3 Å². The Labute approximate surface area is 153 Å². The maximum atomic E-state index is 6.32. The quantitative estimate of drug-likeness (QED) is 0.813. The van der Waals surface area contributed by atoms with E-state index in [0.717, 1.165) is 49.0 Å². The molecule has 0 radical (unpaired) electrons. The van der Waals surface area contributed by atoms with Crippen LogP contribution in [0.1, 0.15) is 17.5 Å². The fourth-order valence-corrected chi connectivity index (χ4v) is 3.68. The molecule has 2 aromatic carbocycles. The zero-order valence-electron chi connectivity index (χ0n) is 14.1. The molecule has 0 aliphatic carbocycles. The Kier molecular flexibility index (Phi) is 4.97. The molecule has 1 unspecified atom stereocenters. The van der Waals surface area contributed by atoms with Gasteiger partial charge in [-0.1, -0.05) is 60.1 Å². The maximum absolute atomic E-state index is 6.32. The highest BCUT2D eigenvalue weighted by molar-refractivity contribution is 6.32. The molecule has 2 aromatic rings. The fourth-order valence-electron chi connectivity index (χ4n) is 3.42. The largest absolute Gasteiger partial charge is 0.370 e. The summed E-state index contributed by atoms with van der Waals surface area (Å²) in [4.78, 5) is 7.09. The molecule has 3 nitrogen and oxygen atoms in total. The topological polar surface area (TPSA) is 24.8 Å². The second-order valence-electron chi connectivity index (χ2n) is 6.51. The first-order valence-electron chi connectivity index (χ1n) is 8.68. The molecule has 4 rings (SSSR count). The summed E-state index contributed by atoms with van der Waals surface area (Å²) in [5.41, 5.74) is 4.68. The minimum Gasteiger partial charge on any atom is -0.370 e. The van der Waals surface area contributed by atoms with E-state index in [0.29, 0.717) is 0 Å². The molecule has 0 spiro atoms. The van der Waals surface area contributed by atoms with Crippen molar-refractivity contribution in [2.24, 2.45) is 4.99 Å². The summed E-state index contributed by atoms with van der Waals surface area (Å²) in [6, 6.07) is 18.5. The van der Waals surface area contributed by atoms with Crippen LogP contribution in [0.5, 0.6) is 0 Å². The molecule has 2 aliphatic rings. The van der Waals surface area contributed by atoms with Crippen molar-refractivity contribution in [2.45, 2.75) is 19.1 Å². The summed E-state index contributed by atoms with van der Waals surface area (Å²) in [5.74, 6) is 0. The number of aliphatic imine (C=N–C) groups is 1. The van der Waals surface area contributed by atoms with E-state index in [1.807, 2.05) is 24.4 Å². The van der Waals surface area contributed by atoms with E-state index < -0.39 is 0 Å². The molecule has 1 fully saturated rings. The van der Waals surface area contributed by atoms with Gasteiger partial charge in [0.15, 0.2) is 0 Å². The van der Waals surface area contributed by atoms with Crippen molar-refractivity contribution < 1.29 is 4.74 Å². The van der Waals surface area contributed by atoms with Crippen LogP contribution in [0.3, 0.4) is 0 Å². The number of ether oxygens (including phenoxy) is 1. The molecule has 0 bridgehead atoms. The Morgan fingerprint density at radius 1 is 1.08 bits per heavy atom. The summed E-state index contributed by atoms with van der Waals surface area (Å²) in [6.07, 6.45) is 2.82. The van der Waals surface area contributed by atoms with Gasteiger partial charge in [0.05, 0.1) is 12.3 Å². The van der Waals surface area contributed by atoms with E-state index in [-0.39, 0.29) is 6.10 Å². The molecule has 0 amide bonds. The van der Waals surface area contributed by atoms with Crippen molar-refractivity contribution in [3.05, 3.63) is 76.9 Å². The minimum absolute atomic E-state index is 0.0636. The SMILES string of the molecule is Clc1ccccc1C1=CN=C(C2CN(Cc3ccccc3)CCO2)C1. The Morgan fingerprint density at radius 3 is 2.72 bits per heavy atom. The van der Waals surface area contributed by atoms with E-state index in [1.54, 1.807) is 0 Å². The smallest absolute Gasteiger partial charge is 0.109 e. The normalized spacial score (nSPS) is 21.1. The zero-order chi connectivity index (χ0) is 17.1. The van der Waals surface area contributed by atoms with Crippen LogP contribution in [0.4, 0.5) is 0 Å². The first-order chi connectivity index (χ1) is 12.3. The van der Waals surface area contributed by atoms with E-state index in [4.69, 9.17) is 16.3 Å². The minimum atomic E-state index is 0.0636. The molecule has 2 heterocycles. The number of hydrogen-bond acceptors (Lipinski definition) is 3. The van der Waals surface area contributed by atoms with Gasteiger partial charge in [-0.2, -0.15) is 0 Å². The summed E-state index contributed by atoms with van der Waals surface area (Å²) in [6.45, 7) is 3.55. The van der Waals surface area contributed by atoms with Crippen molar-refractivity contribution in [1.29, 1.82) is 0 Å². The molecule has 0 N–H and O–H groups in total. The summed E-state index contributed by atoms with van der Waals surface area (Å²) in [5, 5.41) is 0.778. The van der Waals surface area contributed by atoms with E-state index in [9.17, 15) is 0 Å². The molecule has 2 aliphatic heterocycles. The van der Waals surface area contributed by atoms with Gasteiger partial charge in [0.25, 0.3) is 0 Å². The molecule has 0 saturated carbocycles. The standard InChI is InChI=1S/C21H21ClN2O/c22-19-9-5-4-8-18(19)17-12-20(23-13-17)21-15-24(10-11-25-21)14-16-6-2-1-3-7-16/h1-9,13,21H,10-12,14-15H2. The van der Waals surface area contributed by atoms with Crippen molar-refractivity contribution in [3.63, 3.8) is 0 Å². The monoisotopic (exact) mass is 352 g/mol. The van der Waals surface area contributed by atoms with Crippen molar-refractivity contribution in [1.82, 2.24) is 4.90 Å². The van der Waals surface area contributed by atoms with Crippen LogP contribution in [0.25, 0.3) is 5.57 Å². The number of benzene rings is 2. The van der Waals surface area contributed by atoms with Gasteiger partial charge in [0, 0.05) is 37.3 Å². The number of rotatable bonds is 4. The highest BCUT2D eigenvalue weighted by Crippen LogP contribution is 2.31. The molecule has 1 saturated heterocycles. The van der Waals surface area contributed by atoms with Crippen LogP contribution in [0.2, 0.25) is 5.02 Å². The lowest BCUT2D eigenvalue weighted by Crippen LogP contribution is -2.45. The third kappa shape index (κ3) is 3.84. The van der Waals surface area contributed by atoms with Gasteiger partial charge in [-0.05, 0) is 22.8 Å². The molecule has 0 aromatic heterocycles. The molecule has 25 heavy (non-hydrogen) atoms. The van der Waals surface area contributed by atoms with Gasteiger partial charge in [-0.3, -0.25) is 9.89 Å². The number of allylic oxidation sites excluding steroid dienone is 1. The lowest BCUT2D eigenvalue weighted by molar-refractivity contribution is 0.00282. The van der Waals surface area contributed by atoms with E-state index in [1.165, 1.54) is 11.1 Å². The van der Waals surface area contributed by atoms with Crippen LogP contribution in [0, 0.1) is 0 Å². The van der Waals surface area contributed by atoms with Gasteiger partial charge >= 0.3 is 0 Å². The molecule has 128 valence electrons. The zero-order valence-corrected chi connectivity index (χ0v) is 14.8. The predicted octanol–water partition coefficient (Wildman–Crippen LogP) is 4.43. The molecule has 4 heteroatoms. The van der Waals surface area contributed by atoms with Gasteiger partial charge < -0.3 is 4.74 Å². The maximum Gasteiger partial charge on any atom is 0.109 e. The number of nitrogens with zero attached hydrogens (tertiary/aromatic N) is 2. The Morgan fingerprint density at radius 2 is 1.88 bits per heavy atom. The average molecular weight is 353 g/mol. The van der Waals surface area contributed by atoms with Crippen LogP contribution < -0.4 is 0 Å². The Hall–Kier alpha value is -1.94. The lowest BCUT2D eigenvalue weighted by Gasteiger charge is -2.33.